The highest BCUT2D eigenvalue weighted by atomic mass is 32.2. The van der Waals surface area contributed by atoms with E-state index in [-0.39, 0.29) is 16.9 Å². The van der Waals surface area contributed by atoms with Crippen LogP contribution in [0.5, 0.6) is 5.75 Å². The van der Waals surface area contributed by atoms with E-state index in [1.165, 1.54) is 13.2 Å². The lowest BCUT2D eigenvalue weighted by Gasteiger charge is -2.16. The molecule has 0 amide bonds. The molecule has 2 N–H and O–H groups in total. The fourth-order valence-electron chi connectivity index (χ4n) is 2.48. The molecule has 0 radical (unpaired) electrons. The minimum Gasteiger partial charge on any atom is -0.497 e. The summed E-state index contributed by atoms with van der Waals surface area (Å²) in [5.41, 5.74) is 1.60. The van der Waals surface area contributed by atoms with Crippen molar-refractivity contribution in [3.8, 4) is 5.75 Å². The molecule has 134 valence electrons. The van der Waals surface area contributed by atoms with Crippen LogP contribution in [0.2, 0.25) is 0 Å². The van der Waals surface area contributed by atoms with E-state index in [0.29, 0.717) is 11.3 Å². The van der Waals surface area contributed by atoms with E-state index in [9.17, 15) is 18.3 Å². The Bertz CT molecular complexity index is 860. The average Bonchev–Trinajstić information content (AvgIpc) is 2.54. The van der Waals surface area contributed by atoms with E-state index in [4.69, 9.17) is 4.74 Å². The van der Waals surface area contributed by atoms with Gasteiger partial charge in [-0.2, -0.15) is 0 Å². The largest absolute Gasteiger partial charge is 0.497 e. The summed E-state index contributed by atoms with van der Waals surface area (Å²) in [6.07, 6.45) is 0.247. The minimum absolute atomic E-state index is 0.0979. The van der Waals surface area contributed by atoms with Crippen LogP contribution in [-0.4, -0.2) is 32.6 Å². The van der Waals surface area contributed by atoms with Gasteiger partial charge in [-0.05, 0) is 50.1 Å². The van der Waals surface area contributed by atoms with Crippen molar-refractivity contribution in [1.82, 2.24) is 4.72 Å². The van der Waals surface area contributed by atoms with Crippen molar-refractivity contribution >= 4 is 16.0 Å². The minimum atomic E-state index is -3.66. The number of carboxylic acids is 1. The van der Waals surface area contributed by atoms with E-state index >= 15 is 0 Å². The Balaban J connectivity index is 2.18. The van der Waals surface area contributed by atoms with Crippen LogP contribution in [0.1, 0.15) is 28.4 Å². The Morgan fingerprint density at radius 2 is 1.84 bits per heavy atom. The highest BCUT2D eigenvalue weighted by Gasteiger charge is 2.20. The lowest BCUT2D eigenvalue weighted by atomic mass is 10.0. The van der Waals surface area contributed by atoms with Crippen molar-refractivity contribution in [1.29, 1.82) is 0 Å². The van der Waals surface area contributed by atoms with Crippen LogP contribution >= 0.6 is 0 Å². The first-order valence-electron chi connectivity index (χ1n) is 7.72. The van der Waals surface area contributed by atoms with Crippen molar-refractivity contribution in [2.45, 2.75) is 31.2 Å². The number of carboxylic acid groups (broad SMARTS) is 1. The number of nitrogens with one attached hydrogen (secondary N) is 1. The molecule has 1 atom stereocenters. The van der Waals surface area contributed by atoms with Crippen molar-refractivity contribution in [2.75, 3.05) is 7.11 Å². The zero-order valence-corrected chi connectivity index (χ0v) is 15.1. The van der Waals surface area contributed by atoms with Crippen molar-refractivity contribution < 1.29 is 23.1 Å². The second-order valence-corrected chi connectivity index (χ2v) is 7.58. The Hall–Kier alpha value is -2.38. The van der Waals surface area contributed by atoms with Gasteiger partial charge in [-0.25, -0.2) is 17.9 Å². The van der Waals surface area contributed by atoms with Gasteiger partial charge in [-0.3, -0.25) is 0 Å². The van der Waals surface area contributed by atoms with Crippen LogP contribution in [0.4, 0.5) is 0 Å². The predicted octanol–water partition coefficient (Wildman–Crippen LogP) is 2.61. The van der Waals surface area contributed by atoms with Crippen molar-refractivity contribution in [3.63, 3.8) is 0 Å². The molecule has 0 aliphatic rings. The third-order valence-electron chi connectivity index (χ3n) is 3.76. The summed E-state index contributed by atoms with van der Waals surface area (Å²) in [5, 5.41) is 9.34. The molecule has 0 saturated heterocycles. The molecule has 0 saturated carbocycles. The normalized spacial score (nSPS) is 12.6. The van der Waals surface area contributed by atoms with E-state index in [1.54, 1.807) is 43.3 Å². The van der Waals surface area contributed by atoms with Crippen LogP contribution in [0.25, 0.3) is 0 Å². The Labute approximate surface area is 147 Å². The third kappa shape index (κ3) is 4.80. The molecular weight excluding hydrogens is 342 g/mol. The van der Waals surface area contributed by atoms with Gasteiger partial charge in [-0.1, -0.05) is 23.8 Å². The first-order chi connectivity index (χ1) is 11.7. The smallest absolute Gasteiger partial charge is 0.336 e. The monoisotopic (exact) mass is 363 g/mol. The fraction of sp³-hybridized carbons (Fsp3) is 0.278. The quantitative estimate of drug-likeness (QED) is 0.789. The van der Waals surface area contributed by atoms with E-state index in [1.807, 2.05) is 6.92 Å². The Kier molecular flexibility index (Phi) is 5.81. The lowest BCUT2D eigenvalue weighted by Crippen LogP contribution is -2.34. The summed E-state index contributed by atoms with van der Waals surface area (Å²) in [7, 11) is -2.21. The van der Waals surface area contributed by atoms with Crippen LogP contribution in [0.15, 0.2) is 47.4 Å². The number of rotatable bonds is 7. The molecule has 2 aromatic rings. The van der Waals surface area contributed by atoms with Gasteiger partial charge >= 0.3 is 5.97 Å². The van der Waals surface area contributed by atoms with Gasteiger partial charge in [0.05, 0.1) is 17.6 Å². The zero-order chi connectivity index (χ0) is 18.6. The maximum Gasteiger partial charge on any atom is 0.336 e. The van der Waals surface area contributed by atoms with Crippen LogP contribution < -0.4 is 9.46 Å². The summed E-state index contributed by atoms with van der Waals surface area (Å²) in [6.45, 7) is 3.57. The summed E-state index contributed by atoms with van der Waals surface area (Å²) in [4.78, 5) is 11.6. The van der Waals surface area contributed by atoms with Crippen molar-refractivity contribution in [2.24, 2.45) is 0 Å². The molecule has 0 aliphatic carbocycles. The third-order valence-corrected chi connectivity index (χ3v) is 5.37. The van der Waals surface area contributed by atoms with Gasteiger partial charge in [0.15, 0.2) is 0 Å². The number of hydrogen-bond donors (Lipinski definition) is 2. The fourth-order valence-corrected chi connectivity index (χ4v) is 3.73. The number of carbonyl (C=O) groups is 1. The summed E-state index contributed by atoms with van der Waals surface area (Å²) >= 11 is 0. The van der Waals surface area contributed by atoms with E-state index in [2.05, 4.69) is 4.72 Å². The molecule has 0 unspecified atom stereocenters. The van der Waals surface area contributed by atoms with E-state index in [0.717, 1.165) is 5.56 Å². The first kappa shape index (κ1) is 19.0. The molecule has 0 spiro atoms. The molecule has 0 aliphatic heterocycles. The maximum absolute atomic E-state index is 12.4. The maximum atomic E-state index is 12.4. The van der Waals surface area contributed by atoms with Gasteiger partial charge in [-0.15, -0.1) is 0 Å². The van der Waals surface area contributed by atoms with Gasteiger partial charge in [0.1, 0.15) is 5.75 Å². The Morgan fingerprint density at radius 3 is 2.40 bits per heavy atom. The molecule has 2 aromatic carbocycles. The van der Waals surface area contributed by atoms with Crippen LogP contribution in [0.3, 0.4) is 0 Å². The van der Waals surface area contributed by atoms with E-state index < -0.39 is 22.0 Å². The number of aryl methyl sites for hydroxylation is 1. The standard InChI is InChI=1S/C18H21NO5S/c1-12-4-8-16(9-5-12)25(22,23)19-13(2)10-14-6-7-15(24-3)11-17(14)18(20)21/h4-9,11,13,19H,10H2,1-3H3,(H,20,21)/t13-/m0/s1. The van der Waals surface area contributed by atoms with Gasteiger partial charge in [0.2, 0.25) is 10.0 Å². The predicted molar refractivity (Wildman–Crippen MR) is 94.6 cm³/mol. The molecule has 0 bridgehead atoms. The molecule has 6 nitrogen and oxygen atoms in total. The zero-order valence-electron chi connectivity index (χ0n) is 14.3. The SMILES string of the molecule is COc1ccc(C[C@H](C)NS(=O)(=O)c2ccc(C)cc2)c(C(=O)O)c1. The van der Waals surface area contributed by atoms with Gasteiger partial charge in [0, 0.05) is 6.04 Å². The number of aromatic carboxylic acids is 1. The molecule has 0 fully saturated rings. The first-order valence-corrected chi connectivity index (χ1v) is 9.20. The number of methoxy groups -OCH3 is 1. The molecule has 2 rings (SSSR count). The molecule has 0 aromatic heterocycles. The second-order valence-electron chi connectivity index (χ2n) is 5.87. The number of sulfonamides is 1. The van der Waals surface area contributed by atoms with Crippen LogP contribution in [0, 0.1) is 6.92 Å². The number of ether oxygens (including phenoxy) is 1. The Morgan fingerprint density at radius 1 is 1.20 bits per heavy atom. The molecular formula is C18H21NO5S. The summed E-state index contributed by atoms with van der Waals surface area (Å²) < 4.78 is 32.5. The summed E-state index contributed by atoms with van der Waals surface area (Å²) in [6, 6.07) is 10.8. The van der Waals surface area contributed by atoms with Crippen LogP contribution in [-0.2, 0) is 16.4 Å². The number of hydrogen-bond acceptors (Lipinski definition) is 4. The highest BCUT2D eigenvalue weighted by molar-refractivity contribution is 7.89. The molecule has 25 heavy (non-hydrogen) atoms. The highest BCUT2D eigenvalue weighted by Crippen LogP contribution is 2.20. The second kappa shape index (κ2) is 7.67. The van der Waals surface area contributed by atoms with Gasteiger partial charge < -0.3 is 9.84 Å². The molecule has 0 heterocycles. The molecule has 7 heteroatoms. The van der Waals surface area contributed by atoms with Crippen molar-refractivity contribution in [3.05, 3.63) is 59.2 Å². The lowest BCUT2D eigenvalue weighted by molar-refractivity contribution is 0.0695. The summed E-state index contributed by atoms with van der Waals surface area (Å²) in [5.74, 6) is -0.642. The number of benzene rings is 2. The van der Waals surface area contributed by atoms with Gasteiger partial charge in [0.25, 0.3) is 0 Å². The average molecular weight is 363 g/mol. The topological polar surface area (TPSA) is 92.7 Å².